The van der Waals surface area contributed by atoms with E-state index in [1.165, 1.54) is 23.9 Å². The third kappa shape index (κ3) is 4.66. The zero-order valence-electron chi connectivity index (χ0n) is 17.5. The molecule has 9 heteroatoms. The SMILES string of the molecule is CC(Sc1nnc(C2COc3ccccc3O2)n1C)C(=O)N(C)Cc1cccc(F)c1. The average Bonchev–Trinajstić information content (AvgIpc) is 3.12. The highest BCUT2D eigenvalue weighted by Crippen LogP contribution is 2.36. The van der Waals surface area contributed by atoms with Crippen LogP contribution in [0.3, 0.4) is 0 Å². The molecule has 0 spiro atoms. The number of para-hydroxylation sites is 2. The molecule has 0 aliphatic carbocycles. The fourth-order valence-electron chi connectivity index (χ4n) is 3.36. The van der Waals surface area contributed by atoms with Crippen molar-refractivity contribution in [2.75, 3.05) is 13.7 Å². The molecule has 2 atom stereocenters. The Morgan fingerprint density at radius 2 is 2.03 bits per heavy atom. The summed E-state index contributed by atoms with van der Waals surface area (Å²) < 4.78 is 27.0. The number of benzene rings is 2. The summed E-state index contributed by atoms with van der Waals surface area (Å²) in [5, 5.41) is 8.73. The molecule has 0 bridgehead atoms. The monoisotopic (exact) mass is 442 g/mol. The molecule has 0 fully saturated rings. The van der Waals surface area contributed by atoms with Gasteiger partial charge in [0.15, 0.2) is 28.6 Å². The quantitative estimate of drug-likeness (QED) is 0.544. The molecule has 0 N–H and O–H groups in total. The van der Waals surface area contributed by atoms with Gasteiger partial charge < -0.3 is 18.9 Å². The van der Waals surface area contributed by atoms with Gasteiger partial charge in [-0.2, -0.15) is 0 Å². The number of hydrogen-bond donors (Lipinski definition) is 0. The number of halogens is 1. The molecule has 4 rings (SSSR count). The van der Waals surface area contributed by atoms with Gasteiger partial charge in [-0.1, -0.05) is 36.0 Å². The van der Waals surface area contributed by atoms with Gasteiger partial charge in [0.05, 0.1) is 5.25 Å². The molecule has 31 heavy (non-hydrogen) atoms. The van der Waals surface area contributed by atoms with Crippen LogP contribution in [0.15, 0.2) is 53.7 Å². The maximum Gasteiger partial charge on any atom is 0.235 e. The number of carbonyl (C=O) groups is 1. The molecule has 0 saturated heterocycles. The second-order valence-electron chi connectivity index (χ2n) is 7.35. The first-order valence-corrected chi connectivity index (χ1v) is 10.7. The van der Waals surface area contributed by atoms with E-state index in [0.717, 1.165) is 5.56 Å². The van der Waals surface area contributed by atoms with Gasteiger partial charge in [-0.05, 0) is 36.8 Å². The van der Waals surface area contributed by atoms with Crippen LogP contribution in [0.25, 0.3) is 0 Å². The van der Waals surface area contributed by atoms with E-state index < -0.39 is 5.25 Å². The van der Waals surface area contributed by atoms with Crippen LogP contribution < -0.4 is 9.47 Å². The largest absolute Gasteiger partial charge is 0.485 e. The van der Waals surface area contributed by atoms with E-state index in [-0.39, 0.29) is 17.8 Å². The molecule has 0 radical (unpaired) electrons. The molecule has 2 heterocycles. The van der Waals surface area contributed by atoms with Crippen LogP contribution in [0.2, 0.25) is 0 Å². The number of nitrogens with zero attached hydrogens (tertiary/aromatic N) is 4. The number of hydrogen-bond acceptors (Lipinski definition) is 6. The topological polar surface area (TPSA) is 69.5 Å². The van der Waals surface area contributed by atoms with Crippen molar-refractivity contribution >= 4 is 17.7 Å². The zero-order valence-corrected chi connectivity index (χ0v) is 18.3. The van der Waals surface area contributed by atoms with Crippen molar-refractivity contribution in [2.45, 2.75) is 30.0 Å². The molecule has 162 valence electrons. The van der Waals surface area contributed by atoms with Crippen molar-refractivity contribution in [3.63, 3.8) is 0 Å². The Morgan fingerprint density at radius 3 is 2.81 bits per heavy atom. The summed E-state index contributed by atoms with van der Waals surface area (Å²) in [6, 6.07) is 13.7. The maximum atomic E-state index is 13.4. The number of thioether (sulfide) groups is 1. The fourth-order valence-corrected chi connectivity index (χ4v) is 4.30. The van der Waals surface area contributed by atoms with Gasteiger partial charge in [0, 0.05) is 20.6 Å². The minimum Gasteiger partial charge on any atom is -0.485 e. The van der Waals surface area contributed by atoms with E-state index in [1.54, 1.807) is 24.1 Å². The first-order valence-electron chi connectivity index (χ1n) is 9.86. The molecule has 1 amide bonds. The molecule has 1 aromatic heterocycles. The summed E-state index contributed by atoms with van der Waals surface area (Å²) in [4.78, 5) is 14.4. The van der Waals surface area contributed by atoms with Gasteiger partial charge in [0.1, 0.15) is 12.4 Å². The summed E-state index contributed by atoms with van der Waals surface area (Å²) in [7, 11) is 3.55. The number of ether oxygens (including phenoxy) is 2. The molecule has 3 aromatic rings. The number of carbonyl (C=O) groups excluding carboxylic acids is 1. The molecule has 1 aliphatic heterocycles. The first kappa shape index (κ1) is 21.2. The lowest BCUT2D eigenvalue weighted by Crippen LogP contribution is -2.33. The van der Waals surface area contributed by atoms with Gasteiger partial charge in [-0.25, -0.2) is 4.39 Å². The van der Waals surface area contributed by atoms with Crippen molar-refractivity contribution in [3.05, 3.63) is 65.7 Å². The number of amides is 1. The molecule has 2 aromatic carbocycles. The van der Waals surface area contributed by atoms with Crippen LogP contribution in [0.1, 0.15) is 24.4 Å². The zero-order chi connectivity index (χ0) is 22.0. The smallest absolute Gasteiger partial charge is 0.235 e. The van der Waals surface area contributed by atoms with Gasteiger partial charge in [-0.15, -0.1) is 10.2 Å². The van der Waals surface area contributed by atoms with E-state index >= 15 is 0 Å². The van der Waals surface area contributed by atoms with Gasteiger partial charge in [0.25, 0.3) is 0 Å². The summed E-state index contributed by atoms with van der Waals surface area (Å²) >= 11 is 1.32. The Bertz CT molecular complexity index is 1090. The van der Waals surface area contributed by atoms with E-state index in [0.29, 0.717) is 35.6 Å². The highest BCUT2D eigenvalue weighted by molar-refractivity contribution is 8.00. The van der Waals surface area contributed by atoms with Crippen molar-refractivity contribution < 1.29 is 18.7 Å². The average molecular weight is 443 g/mol. The Kier molecular flexibility index (Phi) is 6.13. The summed E-state index contributed by atoms with van der Waals surface area (Å²) in [5.41, 5.74) is 0.740. The van der Waals surface area contributed by atoms with Gasteiger partial charge >= 0.3 is 0 Å². The van der Waals surface area contributed by atoms with Crippen molar-refractivity contribution in [2.24, 2.45) is 7.05 Å². The number of fused-ring (bicyclic) bond motifs is 1. The predicted molar refractivity (Wildman–Crippen MR) is 115 cm³/mol. The Hall–Kier alpha value is -3.07. The van der Waals surface area contributed by atoms with Crippen LogP contribution in [0, 0.1) is 5.82 Å². The molecule has 7 nitrogen and oxygen atoms in total. The van der Waals surface area contributed by atoms with Gasteiger partial charge in [0.2, 0.25) is 5.91 Å². The molecule has 0 saturated carbocycles. The minimum absolute atomic E-state index is 0.0787. The minimum atomic E-state index is -0.390. The number of aromatic nitrogens is 3. The Labute approximate surface area is 184 Å². The van der Waals surface area contributed by atoms with E-state index in [1.807, 2.05) is 42.8 Å². The van der Waals surface area contributed by atoms with Crippen LogP contribution in [-0.4, -0.2) is 44.5 Å². The lowest BCUT2D eigenvalue weighted by Gasteiger charge is -2.25. The molecule has 2 unspecified atom stereocenters. The standard InChI is InChI=1S/C22H23FN4O3S/c1-14(21(28)26(2)12-15-7-6-8-16(23)11-15)31-22-25-24-20(27(22)3)19-13-29-17-9-4-5-10-18(17)30-19/h4-11,14,19H,12-13H2,1-3H3. The fraction of sp³-hybridized carbons (Fsp3) is 0.318. The van der Waals surface area contributed by atoms with E-state index in [4.69, 9.17) is 9.47 Å². The third-order valence-electron chi connectivity index (χ3n) is 4.98. The first-order chi connectivity index (χ1) is 14.9. The Morgan fingerprint density at radius 1 is 1.26 bits per heavy atom. The predicted octanol–water partition coefficient (Wildman–Crippen LogP) is 3.61. The normalized spacial score (nSPS) is 16.1. The lowest BCUT2D eigenvalue weighted by molar-refractivity contribution is -0.129. The van der Waals surface area contributed by atoms with Crippen LogP contribution in [0.5, 0.6) is 11.5 Å². The summed E-state index contributed by atoms with van der Waals surface area (Å²) in [5.74, 6) is 1.60. The van der Waals surface area contributed by atoms with Crippen molar-refractivity contribution in [1.29, 1.82) is 0 Å². The van der Waals surface area contributed by atoms with Gasteiger partial charge in [-0.3, -0.25) is 4.79 Å². The van der Waals surface area contributed by atoms with E-state index in [9.17, 15) is 9.18 Å². The van der Waals surface area contributed by atoms with E-state index in [2.05, 4.69) is 10.2 Å². The Balaban J connectivity index is 1.40. The third-order valence-corrected chi connectivity index (χ3v) is 6.10. The second kappa shape index (κ2) is 8.97. The summed E-state index contributed by atoms with van der Waals surface area (Å²) in [6.07, 6.45) is -0.386. The van der Waals surface area contributed by atoms with Crippen LogP contribution in [-0.2, 0) is 18.4 Å². The maximum absolute atomic E-state index is 13.4. The highest BCUT2D eigenvalue weighted by atomic mass is 32.2. The summed E-state index contributed by atoms with van der Waals surface area (Å²) in [6.45, 7) is 2.48. The van der Waals surface area contributed by atoms with Crippen molar-refractivity contribution in [1.82, 2.24) is 19.7 Å². The lowest BCUT2D eigenvalue weighted by atomic mass is 10.2. The molecular formula is C22H23FN4O3S. The highest BCUT2D eigenvalue weighted by Gasteiger charge is 2.29. The molecule has 1 aliphatic rings. The van der Waals surface area contributed by atoms with Crippen molar-refractivity contribution in [3.8, 4) is 11.5 Å². The second-order valence-corrected chi connectivity index (χ2v) is 8.66. The van der Waals surface area contributed by atoms with Crippen LogP contribution >= 0.6 is 11.8 Å². The van der Waals surface area contributed by atoms with Crippen LogP contribution in [0.4, 0.5) is 4.39 Å². The number of rotatable bonds is 6. The molecular weight excluding hydrogens is 419 g/mol.